The van der Waals surface area contributed by atoms with Gasteiger partial charge in [0.1, 0.15) is 0 Å². The third-order valence-corrected chi connectivity index (χ3v) is 5.51. The highest BCUT2D eigenvalue weighted by atomic mass is 15.2. The summed E-state index contributed by atoms with van der Waals surface area (Å²) < 4.78 is 0. The molecule has 1 N–H and O–H groups in total. The molecule has 0 spiro atoms. The number of hydrogen-bond donors (Lipinski definition) is 1. The highest BCUT2D eigenvalue weighted by Crippen LogP contribution is 2.39. The second-order valence-corrected chi connectivity index (χ2v) is 7.93. The zero-order valence-electron chi connectivity index (χ0n) is 15.0. The molecule has 1 aliphatic carbocycles. The van der Waals surface area contributed by atoms with Crippen molar-refractivity contribution < 1.29 is 0 Å². The Morgan fingerprint density at radius 2 is 1.85 bits per heavy atom. The van der Waals surface area contributed by atoms with Crippen LogP contribution in [-0.2, 0) is 0 Å². The van der Waals surface area contributed by atoms with Crippen molar-refractivity contribution in [1.29, 1.82) is 0 Å². The van der Waals surface area contributed by atoms with E-state index in [1.54, 1.807) is 0 Å². The molecule has 0 amide bonds. The molecule has 20 heavy (non-hydrogen) atoms. The molecule has 1 fully saturated rings. The van der Waals surface area contributed by atoms with E-state index in [-0.39, 0.29) is 0 Å². The molecule has 4 atom stereocenters. The van der Waals surface area contributed by atoms with E-state index < -0.39 is 0 Å². The van der Waals surface area contributed by atoms with Gasteiger partial charge in [0.05, 0.1) is 0 Å². The monoisotopic (exact) mass is 282 g/mol. The number of nitrogens with one attached hydrogen (secondary N) is 1. The van der Waals surface area contributed by atoms with Gasteiger partial charge in [0.2, 0.25) is 0 Å². The molecule has 1 saturated carbocycles. The van der Waals surface area contributed by atoms with E-state index in [0.29, 0.717) is 23.5 Å². The van der Waals surface area contributed by atoms with Gasteiger partial charge >= 0.3 is 0 Å². The third kappa shape index (κ3) is 4.73. The summed E-state index contributed by atoms with van der Waals surface area (Å²) in [4.78, 5) is 2.64. The van der Waals surface area contributed by atoms with Gasteiger partial charge in [-0.3, -0.25) is 4.90 Å². The van der Waals surface area contributed by atoms with Crippen LogP contribution in [0.1, 0.15) is 73.6 Å². The van der Waals surface area contributed by atoms with E-state index in [2.05, 4.69) is 58.8 Å². The Bertz CT molecular complexity index is 269. The summed E-state index contributed by atoms with van der Waals surface area (Å²) in [5.74, 6) is 0.860. The first-order valence-electron chi connectivity index (χ1n) is 8.76. The van der Waals surface area contributed by atoms with Gasteiger partial charge in [0.15, 0.2) is 0 Å². The van der Waals surface area contributed by atoms with E-state index in [0.717, 1.165) is 12.5 Å². The fourth-order valence-corrected chi connectivity index (χ4v) is 3.57. The molecule has 2 heteroatoms. The van der Waals surface area contributed by atoms with Crippen molar-refractivity contribution in [3.05, 3.63) is 0 Å². The first-order valence-corrected chi connectivity index (χ1v) is 8.76. The van der Waals surface area contributed by atoms with Gasteiger partial charge in [-0.2, -0.15) is 0 Å². The standard InChI is InChI=1S/C18H38N2/c1-8-12-19-16-11-10-15(18(4,5)6)13-17(16)20(7)14(3)9-2/h14-17,19H,8-13H2,1-7H3. The molecule has 0 aliphatic heterocycles. The minimum Gasteiger partial charge on any atom is -0.312 e. The van der Waals surface area contributed by atoms with E-state index in [4.69, 9.17) is 0 Å². The maximum absolute atomic E-state index is 3.81. The summed E-state index contributed by atoms with van der Waals surface area (Å²) >= 11 is 0. The lowest BCUT2D eigenvalue weighted by atomic mass is 9.69. The van der Waals surface area contributed by atoms with Crippen LogP contribution in [0.15, 0.2) is 0 Å². The Labute approximate surface area is 127 Å². The van der Waals surface area contributed by atoms with Crippen molar-refractivity contribution in [3.8, 4) is 0 Å². The predicted octanol–water partition coefficient (Wildman–Crippen LogP) is 4.30. The summed E-state index contributed by atoms with van der Waals surface area (Å²) in [5, 5.41) is 3.81. The molecular weight excluding hydrogens is 244 g/mol. The second kappa shape index (κ2) is 7.79. The Hall–Kier alpha value is -0.0800. The highest BCUT2D eigenvalue weighted by molar-refractivity contribution is 4.94. The lowest BCUT2D eigenvalue weighted by Gasteiger charge is -2.47. The van der Waals surface area contributed by atoms with Gasteiger partial charge in [-0.05, 0) is 64.0 Å². The summed E-state index contributed by atoms with van der Waals surface area (Å²) in [6.45, 7) is 15.3. The van der Waals surface area contributed by atoms with E-state index >= 15 is 0 Å². The minimum absolute atomic E-state index is 0.449. The largest absolute Gasteiger partial charge is 0.312 e. The van der Waals surface area contributed by atoms with Crippen molar-refractivity contribution in [3.63, 3.8) is 0 Å². The van der Waals surface area contributed by atoms with E-state index in [9.17, 15) is 0 Å². The summed E-state index contributed by atoms with van der Waals surface area (Å²) in [6, 6.07) is 2.08. The number of rotatable bonds is 6. The van der Waals surface area contributed by atoms with Crippen molar-refractivity contribution in [1.82, 2.24) is 10.2 Å². The van der Waals surface area contributed by atoms with Gasteiger partial charge in [-0.15, -0.1) is 0 Å². The van der Waals surface area contributed by atoms with Crippen LogP contribution < -0.4 is 5.32 Å². The molecule has 0 heterocycles. The molecule has 0 aromatic heterocycles. The van der Waals surface area contributed by atoms with Crippen LogP contribution in [0.25, 0.3) is 0 Å². The van der Waals surface area contributed by atoms with Crippen molar-refractivity contribution in [2.75, 3.05) is 13.6 Å². The lowest BCUT2D eigenvalue weighted by molar-refractivity contribution is 0.0525. The molecule has 0 bridgehead atoms. The highest BCUT2D eigenvalue weighted by Gasteiger charge is 2.38. The Kier molecular flexibility index (Phi) is 7.00. The maximum atomic E-state index is 3.81. The van der Waals surface area contributed by atoms with Gasteiger partial charge in [-0.25, -0.2) is 0 Å². The number of likely N-dealkylation sites (N-methyl/N-ethyl adjacent to an activating group) is 1. The van der Waals surface area contributed by atoms with Crippen LogP contribution >= 0.6 is 0 Å². The Morgan fingerprint density at radius 1 is 1.20 bits per heavy atom. The Morgan fingerprint density at radius 3 is 2.35 bits per heavy atom. The van der Waals surface area contributed by atoms with Gasteiger partial charge in [-0.1, -0.05) is 34.6 Å². The smallest absolute Gasteiger partial charge is 0.0251 e. The molecule has 4 unspecified atom stereocenters. The fourth-order valence-electron chi connectivity index (χ4n) is 3.57. The molecule has 0 radical (unpaired) electrons. The molecule has 0 saturated heterocycles. The second-order valence-electron chi connectivity index (χ2n) is 7.93. The summed E-state index contributed by atoms with van der Waals surface area (Å²) in [5.41, 5.74) is 0.449. The average molecular weight is 283 g/mol. The molecular formula is C18H38N2. The molecule has 0 aromatic rings. The number of nitrogens with zero attached hydrogens (tertiary/aromatic N) is 1. The van der Waals surface area contributed by atoms with Gasteiger partial charge in [0.25, 0.3) is 0 Å². The van der Waals surface area contributed by atoms with Crippen molar-refractivity contribution >= 4 is 0 Å². The summed E-state index contributed by atoms with van der Waals surface area (Å²) in [7, 11) is 2.34. The lowest BCUT2D eigenvalue weighted by Crippen LogP contribution is -2.55. The number of hydrogen-bond acceptors (Lipinski definition) is 2. The van der Waals surface area contributed by atoms with Crippen molar-refractivity contribution in [2.24, 2.45) is 11.3 Å². The van der Waals surface area contributed by atoms with Gasteiger partial charge < -0.3 is 5.32 Å². The zero-order chi connectivity index (χ0) is 15.3. The quantitative estimate of drug-likeness (QED) is 0.781. The zero-order valence-corrected chi connectivity index (χ0v) is 15.0. The Balaban J connectivity index is 2.77. The van der Waals surface area contributed by atoms with Crippen LogP contribution in [-0.4, -0.2) is 36.6 Å². The third-order valence-electron chi connectivity index (χ3n) is 5.51. The predicted molar refractivity (Wildman–Crippen MR) is 90.2 cm³/mol. The van der Waals surface area contributed by atoms with Crippen LogP contribution in [0, 0.1) is 11.3 Å². The topological polar surface area (TPSA) is 15.3 Å². The average Bonchev–Trinajstić information content (AvgIpc) is 2.42. The van der Waals surface area contributed by atoms with Crippen LogP contribution in [0.2, 0.25) is 0 Å². The summed E-state index contributed by atoms with van der Waals surface area (Å²) in [6.07, 6.45) is 6.56. The SMILES string of the molecule is CCCNC1CCC(C(C)(C)C)CC1N(C)C(C)CC. The van der Waals surface area contributed by atoms with Crippen LogP contribution in [0.3, 0.4) is 0 Å². The van der Waals surface area contributed by atoms with E-state index in [1.807, 2.05) is 0 Å². The van der Waals surface area contributed by atoms with Crippen LogP contribution in [0.5, 0.6) is 0 Å². The van der Waals surface area contributed by atoms with E-state index in [1.165, 1.54) is 32.1 Å². The molecule has 1 aliphatic rings. The molecule has 2 nitrogen and oxygen atoms in total. The minimum atomic E-state index is 0.449. The van der Waals surface area contributed by atoms with Crippen molar-refractivity contribution in [2.45, 2.75) is 91.8 Å². The fraction of sp³-hybridized carbons (Fsp3) is 1.00. The van der Waals surface area contributed by atoms with Gasteiger partial charge in [0, 0.05) is 18.1 Å². The maximum Gasteiger partial charge on any atom is 0.0251 e. The first-order chi connectivity index (χ1) is 9.31. The van der Waals surface area contributed by atoms with Crippen LogP contribution in [0.4, 0.5) is 0 Å². The normalized spacial score (nSPS) is 29.7. The molecule has 0 aromatic carbocycles. The first kappa shape index (κ1) is 18.0. The molecule has 120 valence electrons. The molecule has 1 rings (SSSR count).